The van der Waals surface area contributed by atoms with Crippen molar-refractivity contribution in [1.82, 2.24) is 9.36 Å². The highest BCUT2D eigenvalue weighted by Gasteiger charge is 2.34. The second-order valence-electron chi connectivity index (χ2n) is 4.24. The Morgan fingerprint density at radius 1 is 1.56 bits per heavy atom. The van der Waals surface area contributed by atoms with Gasteiger partial charge in [-0.25, -0.2) is 4.98 Å². The largest absolute Gasteiger partial charge is 0.287 e. The van der Waals surface area contributed by atoms with Crippen molar-refractivity contribution in [3.05, 3.63) is 5.82 Å². The van der Waals surface area contributed by atoms with Gasteiger partial charge in [0.15, 0.2) is 0 Å². The first-order valence-electron chi connectivity index (χ1n) is 5.84. The van der Waals surface area contributed by atoms with Crippen LogP contribution in [0, 0.1) is 12.8 Å². The number of anilines is 1. The third-order valence-electron chi connectivity index (χ3n) is 2.68. The molecule has 0 aliphatic heterocycles. The van der Waals surface area contributed by atoms with E-state index in [2.05, 4.69) is 16.3 Å². The Hall–Kier alpha value is -0.970. The highest BCUT2D eigenvalue weighted by molar-refractivity contribution is 7.09. The molecule has 4 nitrogen and oxygen atoms in total. The number of carbonyl (C=O) groups is 1. The normalized spacial score (nSPS) is 15.1. The molecule has 0 bridgehead atoms. The quantitative estimate of drug-likeness (QED) is 0.792. The van der Waals surface area contributed by atoms with Crippen LogP contribution in [0.15, 0.2) is 0 Å². The van der Waals surface area contributed by atoms with Gasteiger partial charge in [0, 0.05) is 24.0 Å². The molecule has 1 aromatic rings. The second kappa shape index (κ2) is 4.91. The van der Waals surface area contributed by atoms with Gasteiger partial charge in [0.25, 0.3) is 0 Å². The summed E-state index contributed by atoms with van der Waals surface area (Å²) in [4.78, 5) is 18.2. The van der Waals surface area contributed by atoms with Crippen molar-refractivity contribution in [2.45, 2.75) is 39.5 Å². The van der Waals surface area contributed by atoms with E-state index in [1.807, 2.05) is 11.8 Å². The lowest BCUT2D eigenvalue weighted by atomic mass is 10.3. The number of amides is 1. The summed E-state index contributed by atoms with van der Waals surface area (Å²) in [5, 5.41) is 0.767. The summed E-state index contributed by atoms with van der Waals surface area (Å²) in [6.45, 7) is 4.77. The molecule has 1 aliphatic carbocycles. The van der Waals surface area contributed by atoms with Crippen LogP contribution in [-0.4, -0.2) is 21.8 Å². The van der Waals surface area contributed by atoms with E-state index in [1.165, 1.54) is 11.5 Å². The van der Waals surface area contributed by atoms with E-state index in [0.29, 0.717) is 0 Å². The number of unbranched alkanes of at least 4 members (excludes halogenated alkanes) is 1. The molecule has 1 saturated carbocycles. The average molecular weight is 239 g/mol. The molecule has 1 fully saturated rings. The van der Waals surface area contributed by atoms with Gasteiger partial charge in [-0.05, 0) is 26.2 Å². The fraction of sp³-hybridized carbons (Fsp3) is 0.727. The number of aryl methyl sites for hydroxylation is 1. The van der Waals surface area contributed by atoms with Crippen LogP contribution in [0.25, 0.3) is 0 Å². The molecule has 0 spiro atoms. The molecular weight excluding hydrogens is 222 g/mol. The van der Waals surface area contributed by atoms with E-state index in [1.54, 1.807) is 0 Å². The Bertz CT molecular complexity index is 373. The van der Waals surface area contributed by atoms with Gasteiger partial charge in [0.1, 0.15) is 5.82 Å². The number of hydrogen-bond donors (Lipinski definition) is 0. The maximum Gasteiger partial charge on any atom is 0.231 e. The number of hydrogen-bond acceptors (Lipinski definition) is 4. The maximum atomic E-state index is 12.1. The van der Waals surface area contributed by atoms with Crippen molar-refractivity contribution >= 4 is 22.6 Å². The molecule has 1 heterocycles. The summed E-state index contributed by atoms with van der Waals surface area (Å²) >= 11 is 1.33. The van der Waals surface area contributed by atoms with Crippen LogP contribution in [-0.2, 0) is 4.79 Å². The molecule has 5 heteroatoms. The minimum atomic E-state index is 0.240. The predicted octanol–water partition coefficient (Wildman–Crippen LogP) is 2.39. The molecule has 0 unspecified atom stereocenters. The lowest BCUT2D eigenvalue weighted by Gasteiger charge is -2.18. The number of carbonyl (C=O) groups excluding carboxylic acids is 1. The van der Waals surface area contributed by atoms with Crippen LogP contribution >= 0.6 is 11.5 Å². The first kappa shape index (κ1) is 11.5. The summed E-state index contributed by atoms with van der Waals surface area (Å²) in [5.74, 6) is 1.25. The van der Waals surface area contributed by atoms with Gasteiger partial charge in [0.05, 0.1) is 0 Å². The molecule has 1 aliphatic rings. The number of rotatable bonds is 5. The van der Waals surface area contributed by atoms with E-state index >= 15 is 0 Å². The van der Waals surface area contributed by atoms with Crippen molar-refractivity contribution in [2.75, 3.05) is 11.4 Å². The van der Waals surface area contributed by atoms with Gasteiger partial charge in [-0.3, -0.25) is 9.69 Å². The predicted molar refractivity (Wildman–Crippen MR) is 64.6 cm³/mol. The van der Waals surface area contributed by atoms with Crippen molar-refractivity contribution in [1.29, 1.82) is 0 Å². The van der Waals surface area contributed by atoms with Crippen LogP contribution in [0.1, 0.15) is 38.4 Å². The number of nitrogens with zero attached hydrogens (tertiary/aromatic N) is 3. The molecule has 1 amide bonds. The fourth-order valence-electron chi connectivity index (χ4n) is 1.56. The van der Waals surface area contributed by atoms with Gasteiger partial charge in [-0.2, -0.15) is 4.37 Å². The lowest BCUT2D eigenvalue weighted by molar-refractivity contribution is -0.119. The highest BCUT2D eigenvalue weighted by Crippen LogP contribution is 2.33. The van der Waals surface area contributed by atoms with Gasteiger partial charge in [0.2, 0.25) is 11.0 Å². The van der Waals surface area contributed by atoms with Gasteiger partial charge in [-0.15, -0.1) is 0 Å². The minimum absolute atomic E-state index is 0.240. The van der Waals surface area contributed by atoms with Crippen LogP contribution in [0.2, 0.25) is 0 Å². The molecular formula is C11H17N3OS. The van der Waals surface area contributed by atoms with E-state index < -0.39 is 0 Å². The Kier molecular flexibility index (Phi) is 3.53. The molecule has 0 N–H and O–H groups in total. The second-order valence-corrected chi connectivity index (χ2v) is 4.97. The van der Waals surface area contributed by atoms with Crippen molar-refractivity contribution in [3.63, 3.8) is 0 Å². The molecule has 2 rings (SSSR count). The summed E-state index contributed by atoms with van der Waals surface area (Å²) in [7, 11) is 0. The molecule has 1 aromatic heterocycles. The van der Waals surface area contributed by atoms with Gasteiger partial charge < -0.3 is 0 Å². The lowest BCUT2D eigenvalue weighted by Crippen LogP contribution is -2.33. The minimum Gasteiger partial charge on any atom is -0.287 e. The van der Waals surface area contributed by atoms with Gasteiger partial charge >= 0.3 is 0 Å². The van der Waals surface area contributed by atoms with Gasteiger partial charge in [-0.1, -0.05) is 13.3 Å². The number of aromatic nitrogens is 2. The molecule has 0 aromatic carbocycles. The maximum absolute atomic E-state index is 12.1. The summed E-state index contributed by atoms with van der Waals surface area (Å²) in [6, 6.07) is 0. The van der Waals surface area contributed by atoms with E-state index in [0.717, 1.165) is 43.2 Å². The first-order valence-corrected chi connectivity index (χ1v) is 6.61. The Labute approximate surface area is 99.9 Å². The van der Waals surface area contributed by atoms with Crippen LogP contribution in [0.5, 0.6) is 0 Å². The zero-order chi connectivity index (χ0) is 11.5. The molecule has 88 valence electrons. The molecule has 0 atom stereocenters. The standard InChI is InChI=1S/C11H17N3OS/c1-3-4-7-14(10(15)9-5-6-9)11-12-8(2)13-16-11/h9H,3-7H2,1-2H3. The summed E-state index contributed by atoms with van der Waals surface area (Å²) in [5.41, 5.74) is 0. The Morgan fingerprint density at radius 3 is 2.81 bits per heavy atom. The third-order valence-corrected chi connectivity index (χ3v) is 3.51. The van der Waals surface area contributed by atoms with Crippen LogP contribution in [0.3, 0.4) is 0 Å². The topological polar surface area (TPSA) is 46.1 Å². The fourth-order valence-corrected chi connectivity index (χ4v) is 2.27. The Balaban J connectivity index is 2.09. The average Bonchev–Trinajstić information content (AvgIpc) is 3.03. The van der Waals surface area contributed by atoms with E-state index in [4.69, 9.17) is 0 Å². The monoisotopic (exact) mass is 239 g/mol. The third kappa shape index (κ3) is 2.58. The molecule has 0 radical (unpaired) electrons. The van der Waals surface area contributed by atoms with Crippen molar-refractivity contribution < 1.29 is 4.79 Å². The summed E-state index contributed by atoms with van der Waals surface area (Å²) < 4.78 is 4.14. The van der Waals surface area contributed by atoms with E-state index in [-0.39, 0.29) is 11.8 Å². The van der Waals surface area contributed by atoms with Crippen molar-refractivity contribution in [3.8, 4) is 0 Å². The van der Waals surface area contributed by atoms with E-state index in [9.17, 15) is 4.79 Å². The first-order chi connectivity index (χ1) is 7.72. The SMILES string of the molecule is CCCCN(C(=O)C1CC1)c1nc(C)ns1. The Morgan fingerprint density at radius 2 is 2.31 bits per heavy atom. The van der Waals surface area contributed by atoms with Crippen LogP contribution < -0.4 is 4.90 Å². The molecule has 16 heavy (non-hydrogen) atoms. The zero-order valence-electron chi connectivity index (χ0n) is 9.77. The van der Waals surface area contributed by atoms with Crippen LogP contribution in [0.4, 0.5) is 5.13 Å². The zero-order valence-corrected chi connectivity index (χ0v) is 10.6. The molecule has 0 saturated heterocycles. The van der Waals surface area contributed by atoms with Crippen molar-refractivity contribution in [2.24, 2.45) is 5.92 Å². The highest BCUT2D eigenvalue weighted by atomic mass is 32.1. The smallest absolute Gasteiger partial charge is 0.231 e. The summed E-state index contributed by atoms with van der Waals surface area (Å²) in [6.07, 6.45) is 4.20.